The van der Waals surface area contributed by atoms with Gasteiger partial charge in [0.05, 0.1) is 0 Å². The summed E-state index contributed by atoms with van der Waals surface area (Å²) in [4.78, 5) is 4.36. The largest absolute Gasteiger partial charge is 0.371 e. The first kappa shape index (κ1) is 25.7. The Kier molecular flexibility index (Phi) is 9.99. The van der Waals surface area contributed by atoms with Crippen molar-refractivity contribution in [2.45, 2.75) is 40.5 Å². The van der Waals surface area contributed by atoms with Gasteiger partial charge in [0.15, 0.2) is 0 Å². The fourth-order valence-corrected chi connectivity index (χ4v) is 4.48. The topological polar surface area (TPSA) is 74.8 Å². The third kappa shape index (κ3) is 7.24. The van der Waals surface area contributed by atoms with E-state index < -0.39 is 20.6 Å². The standard InChI is InChI=1S/C24H32N2O4S2/c1-5-25(13-7-15-31(27)28)23-11-9-21(17-19(23)3)22-10-12-24(20(4)18-22)26(6-2)14-8-16-32(29)30/h9-12,15-18H,5-8,13-14H2,1-4H3. The van der Waals surface area contributed by atoms with Gasteiger partial charge in [-0.05, 0) is 87.1 Å². The SMILES string of the molecule is CCN(CCC=S(=O)=O)c1ccc(-c2ccc(N(CC)CCC=S(=O)=O)c(C)c2)cc1C. The van der Waals surface area contributed by atoms with E-state index in [1.54, 1.807) is 0 Å². The lowest BCUT2D eigenvalue weighted by atomic mass is 9.99. The van der Waals surface area contributed by atoms with Crippen molar-refractivity contribution in [1.29, 1.82) is 0 Å². The Labute approximate surface area is 194 Å². The highest BCUT2D eigenvalue weighted by molar-refractivity contribution is 7.71. The summed E-state index contributed by atoms with van der Waals surface area (Å²) < 4.78 is 43.0. The molecule has 0 aliphatic heterocycles. The van der Waals surface area contributed by atoms with Crippen molar-refractivity contribution in [1.82, 2.24) is 0 Å². The van der Waals surface area contributed by atoms with Crippen molar-refractivity contribution in [3.8, 4) is 11.1 Å². The maximum Gasteiger partial charge on any atom is 0.210 e. The van der Waals surface area contributed by atoms with Crippen molar-refractivity contribution >= 4 is 42.7 Å². The van der Waals surface area contributed by atoms with Gasteiger partial charge in [0.2, 0.25) is 20.6 Å². The molecular weight excluding hydrogens is 444 g/mol. The van der Waals surface area contributed by atoms with Gasteiger partial charge < -0.3 is 9.80 Å². The minimum atomic E-state index is -2.12. The molecule has 2 aromatic rings. The molecule has 2 aromatic carbocycles. The molecule has 0 heterocycles. The molecule has 0 N–H and O–H groups in total. The summed E-state index contributed by atoms with van der Waals surface area (Å²) in [6.45, 7) is 11.2. The van der Waals surface area contributed by atoms with E-state index in [1.165, 1.54) is 10.7 Å². The highest BCUT2D eigenvalue weighted by Crippen LogP contribution is 2.30. The molecule has 6 nitrogen and oxygen atoms in total. The molecule has 0 saturated carbocycles. The van der Waals surface area contributed by atoms with Gasteiger partial charge in [-0.1, -0.05) is 12.1 Å². The first-order valence-corrected chi connectivity index (χ1v) is 13.1. The second-order valence-electron chi connectivity index (χ2n) is 7.59. The van der Waals surface area contributed by atoms with Crippen molar-refractivity contribution < 1.29 is 16.8 Å². The molecule has 8 heteroatoms. The quantitative estimate of drug-likeness (QED) is 0.460. The Balaban J connectivity index is 2.24. The third-order valence-corrected chi connectivity index (χ3v) is 6.49. The summed E-state index contributed by atoms with van der Waals surface area (Å²) in [6, 6.07) is 12.7. The van der Waals surface area contributed by atoms with Crippen LogP contribution in [0.1, 0.15) is 37.8 Å². The Morgan fingerprint density at radius 3 is 1.34 bits per heavy atom. The summed E-state index contributed by atoms with van der Waals surface area (Å²) in [5.41, 5.74) is 6.76. The lowest BCUT2D eigenvalue weighted by molar-refractivity contribution is 0.625. The fraction of sp³-hybridized carbons (Fsp3) is 0.417. The van der Waals surface area contributed by atoms with E-state index in [4.69, 9.17) is 0 Å². The molecule has 174 valence electrons. The van der Waals surface area contributed by atoms with Crippen LogP contribution in [0.5, 0.6) is 0 Å². The van der Waals surface area contributed by atoms with Crippen LogP contribution in [0.15, 0.2) is 36.4 Å². The predicted octanol–water partition coefficient (Wildman–Crippen LogP) is 3.77. The number of hydrogen-bond acceptors (Lipinski definition) is 6. The Morgan fingerprint density at radius 2 is 1.06 bits per heavy atom. The molecule has 0 spiro atoms. The van der Waals surface area contributed by atoms with E-state index in [2.05, 4.69) is 73.9 Å². The number of hydrogen-bond donors (Lipinski definition) is 0. The molecular formula is C24H32N2O4S2. The number of aryl methyl sites for hydroxylation is 2. The van der Waals surface area contributed by atoms with Crippen molar-refractivity contribution in [3.63, 3.8) is 0 Å². The van der Waals surface area contributed by atoms with Gasteiger partial charge in [-0.3, -0.25) is 0 Å². The molecule has 0 unspecified atom stereocenters. The van der Waals surface area contributed by atoms with E-state index in [1.807, 2.05) is 0 Å². The average Bonchev–Trinajstić information content (AvgIpc) is 2.74. The van der Waals surface area contributed by atoms with Crippen LogP contribution < -0.4 is 9.80 Å². The molecule has 0 aromatic heterocycles. The Bertz CT molecular complexity index is 1090. The van der Waals surface area contributed by atoms with Crippen LogP contribution in [0.4, 0.5) is 11.4 Å². The molecule has 0 aliphatic rings. The molecule has 32 heavy (non-hydrogen) atoms. The van der Waals surface area contributed by atoms with Crippen LogP contribution in [0.3, 0.4) is 0 Å². The predicted molar refractivity (Wildman–Crippen MR) is 136 cm³/mol. The van der Waals surface area contributed by atoms with Gasteiger partial charge >= 0.3 is 0 Å². The summed E-state index contributed by atoms with van der Waals surface area (Å²) in [6.07, 6.45) is 0.977. The summed E-state index contributed by atoms with van der Waals surface area (Å²) >= 11 is 0. The minimum absolute atomic E-state index is 0.488. The third-order valence-electron chi connectivity index (χ3n) is 5.48. The maximum atomic E-state index is 10.8. The van der Waals surface area contributed by atoms with Gasteiger partial charge in [-0.2, -0.15) is 16.8 Å². The summed E-state index contributed by atoms with van der Waals surface area (Å²) in [5.74, 6) is 0. The Morgan fingerprint density at radius 1 is 0.688 bits per heavy atom. The van der Waals surface area contributed by atoms with Crippen LogP contribution in [-0.4, -0.2) is 53.7 Å². The number of anilines is 2. The lowest BCUT2D eigenvalue weighted by Crippen LogP contribution is -2.25. The van der Waals surface area contributed by atoms with Crippen LogP contribution in [0.2, 0.25) is 0 Å². The van der Waals surface area contributed by atoms with Crippen molar-refractivity contribution in [2.75, 3.05) is 36.0 Å². The average molecular weight is 477 g/mol. The zero-order valence-electron chi connectivity index (χ0n) is 19.2. The van der Waals surface area contributed by atoms with Gasteiger partial charge in [-0.25, -0.2) is 0 Å². The van der Waals surface area contributed by atoms with Gasteiger partial charge in [0.25, 0.3) is 0 Å². The van der Waals surface area contributed by atoms with E-state index in [0.29, 0.717) is 25.9 Å². The fourth-order valence-electron chi connectivity index (χ4n) is 3.89. The molecule has 0 atom stereocenters. The zero-order valence-corrected chi connectivity index (χ0v) is 20.8. The molecule has 0 radical (unpaired) electrons. The first-order valence-electron chi connectivity index (χ1n) is 10.8. The highest BCUT2D eigenvalue weighted by Gasteiger charge is 2.11. The molecule has 2 rings (SSSR count). The van der Waals surface area contributed by atoms with E-state index in [9.17, 15) is 16.8 Å². The van der Waals surface area contributed by atoms with E-state index >= 15 is 0 Å². The maximum absolute atomic E-state index is 10.8. The highest BCUT2D eigenvalue weighted by atomic mass is 32.2. The van der Waals surface area contributed by atoms with Crippen molar-refractivity contribution in [3.05, 3.63) is 47.5 Å². The van der Waals surface area contributed by atoms with Crippen LogP contribution in [0.25, 0.3) is 11.1 Å². The lowest BCUT2D eigenvalue weighted by Gasteiger charge is -2.26. The second kappa shape index (κ2) is 12.5. The summed E-state index contributed by atoms with van der Waals surface area (Å²) in [5, 5.41) is 2.60. The molecule has 0 fully saturated rings. The number of benzene rings is 2. The smallest absolute Gasteiger partial charge is 0.210 e. The molecule has 0 bridgehead atoms. The van der Waals surface area contributed by atoms with Crippen LogP contribution >= 0.6 is 0 Å². The van der Waals surface area contributed by atoms with Crippen LogP contribution in [-0.2, 0) is 20.6 Å². The first-order chi connectivity index (χ1) is 15.3. The van der Waals surface area contributed by atoms with Crippen molar-refractivity contribution in [2.24, 2.45) is 0 Å². The summed E-state index contributed by atoms with van der Waals surface area (Å²) in [7, 11) is -4.24. The second-order valence-corrected chi connectivity index (χ2v) is 9.30. The zero-order chi connectivity index (χ0) is 23.7. The van der Waals surface area contributed by atoms with Gasteiger partial charge in [-0.15, -0.1) is 0 Å². The van der Waals surface area contributed by atoms with E-state index in [0.717, 1.165) is 46.7 Å². The van der Waals surface area contributed by atoms with E-state index in [-0.39, 0.29) is 0 Å². The van der Waals surface area contributed by atoms with Gasteiger partial charge in [0, 0.05) is 48.3 Å². The number of nitrogens with zero attached hydrogens (tertiary/aromatic N) is 2. The molecule has 0 saturated heterocycles. The van der Waals surface area contributed by atoms with Crippen LogP contribution in [0, 0.1) is 13.8 Å². The molecule has 0 amide bonds. The number of rotatable bonds is 11. The minimum Gasteiger partial charge on any atom is -0.371 e. The van der Waals surface area contributed by atoms with Gasteiger partial charge in [0.1, 0.15) is 0 Å². The molecule has 0 aliphatic carbocycles. The Hall–Kier alpha value is -2.58. The monoisotopic (exact) mass is 476 g/mol. The normalized spacial score (nSPS) is 10.5.